The highest BCUT2D eigenvalue weighted by Crippen LogP contribution is 2.29. The molecule has 1 amide bonds. The van der Waals surface area contributed by atoms with Gasteiger partial charge in [0.15, 0.2) is 0 Å². The number of carbonyl (C=O) groups excluding carboxylic acids is 1. The number of nitrogens with one attached hydrogen (secondary N) is 1. The zero-order valence-corrected chi connectivity index (χ0v) is 15.5. The number of thiophene rings is 1. The molecule has 1 N–H and O–H groups in total. The third-order valence-electron chi connectivity index (χ3n) is 4.10. The van der Waals surface area contributed by atoms with Crippen molar-refractivity contribution in [3.8, 4) is 0 Å². The van der Waals surface area contributed by atoms with Crippen molar-refractivity contribution in [2.24, 2.45) is 0 Å². The zero-order chi connectivity index (χ0) is 17.9. The SMILES string of the molecule is COCc1ccc(NC(=O)[C@@H]2CCCN2S(=O)(=O)c2cccs2)cc1. The van der Waals surface area contributed by atoms with Crippen molar-refractivity contribution in [2.75, 3.05) is 19.0 Å². The van der Waals surface area contributed by atoms with Gasteiger partial charge in [0.25, 0.3) is 10.0 Å². The fourth-order valence-electron chi connectivity index (χ4n) is 2.89. The van der Waals surface area contributed by atoms with Crippen LogP contribution in [-0.2, 0) is 26.2 Å². The van der Waals surface area contributed by atoms with Crippen molar-refractivity contribution in [2.45, 2.75) is 29.7 Å². The first-order chi connectivity index (χ1) is 12.0. The number of benzene rings is 1. The molecule has 1 aliphatic rings. The number of anilines is 1. The Morgan fingerprint density at radius 3 is 2.72 bits per heavy atom. The lowest BCUT2D eigenvalue weighted by Crippen LogP contribution is -2.42. The van der Waals surface area contributed by atoms with E-state index in [-0.39, 0.29) is 10.1 Å². The maximum absolute atomic E-state index is 12.7. The van der Waals surface area contributed by atoms with Crippen LogP contribution >= 0.6 is 11.3 Å². The van der Waals surface area contributed by atoms with E-state index in [1.165, 1.54) is 15.6 Å². The van der Waals surface area contributed by atoms with E-state index in [1.807, 2.05) is 12.1 Å². The van der Waals surface area contributed by atoms with Gasteiger partial charge in [-0.3, -0.25) is 4.79 Å². The van der Waals surface area contributed by atoms with E-state index in [9.17, 15) is 13.2 Å². The van der Waals surface area contributed by atoms with Crippen molar-refractivity contribution in [3.63, 3.8) is 0 Å². The van der Waals surface area contributed by atoms with E-state index in [1.54, 1.807) is 36.8 Å². The molecule has 1 fully saturated rings. The zero-order valence-electron chi connectivity index (χ0n) is 13.8. The van der Waals surface area contributed by atoms with Gasteiger partial charge in [0.2, 0.25) is 5.91 Å². The van der Waals surface area contributed by atoms with E-state index >= 15 is 0 Å². The monoisotopic (exact) mass is 380 g/mol. The van der Waals surface area contributed by atoms with Gasteiger partial charge in [-0.1, -0.05) is 18.2 Å². The molecule has 0 unspecified atom stereocenters. The molecule has 1 atom stereocenters. The van der Waals surface area contributed by atoms with Crippen molar-refractivity contribution >= 4 is 33.0 Å². The minimum Gasteiger partial charge on any atom is -0.380 e. The maximum atomic E-state index is 12.7. The Labute approximate surface area is 151 Å². The van der Waals surface area contributed by atoms with E-state index in [4.69, 9.17) is 4.74 Å². The van der Waals surface area contributed by atoms with Crippen LogP contribution < -0.4 is 5.32 Å². The lowest BCUT2D eigenvalue weighted by molar-refractivity contribution is -0.119. The Hall–Kier alpha value is -1.74. The van der Waals surface area contributed by atoms with Crippen LogP contribution in [0.4, 0.5) is 5.69 Å². The first kappa shape index (κ1) is 18.1. The van der Waals surface area contributed by atoms with Gasteiger partial charge in [0.1, 0.15) is 10.3 Å². The lowest BCUT2D eigenvalue weighted by atomic mass is 10.2. The van der Waals surface area contributed by atoms with Crippen LogP contribution in [0.3, 0.4) is 0 Å². The number of sulfonamides is 1. The van der Waals surface area contributed by atoms with E-state index < -0.39 is 16.1 Å². The van der Waals surface area contributed by atoms with Gasteiger partial charge in [-0.05, 0) is 42.0 Å². The van der Waals surface area contributed by atoms with Gasteiger partial charge in [-0.25, -0.2) is 8.42 Å². The van der Waals surface area contributed by atoms with Crippen LogP contribution in [0, 0.1) is 0 Å². The normalized spacial score (nSPS) is 18.4. The third-order valence-corrected chi connectivity index (χ3v) is 7.38. The molecule has 134 valence electrons. The molecule has 0 bridgehead atoms. The minimum atomic E-state index is -3.62. The van der Waals surface area contributed by atoms with Gasteiger partial charge < -0.3 is 10.1 Å². The summed E-state index contributed by atoms with van der Waals surface area (Å²) in [6.45, 7) is 0.870. The van der Waals surface area contributed by atoms with Crippen LogP contribution in [0.1, 0.15) is 18.4 Å². The summed E-state index contributed by atoms with van der Waals surface area (Å²) in [5, 5.41) is 4.54. The number of hydrogen-bond donors (Lipinski definition) is 1. The molecule has 1 saturated heterocycles. The summed E-state index contributed by atoms with van der Waals surface area (Å²) in [6, 6.07) is 9.91. The Balaban J connectivity index is 1.73. The Kier molecular flexibility index (Phi) is 5.53. The third kappa shape index (κ3) is 3.92. The summed E-state index contributed by atoms with van der Waals surface area (Å²) >= 11 is 1.17. The smallest absolute Gasteiger partial charge is 0.253 e. The van der Waals surface area contributed by atoms with Gasteiger partial charge in [0, 0.05) is 19.3 Å². The second-order valence-corrected chi connectivity index (χ2v) is 8.89. The molecule has 0 radical (unpaired) electrons. The summed E-state index contributed by atoms with van der Waals surface area (Å²) in [5.74, 6) is -0.294. The number of hydrogen-bond acceptors (Lipinski definition) is 5. The standard InChI is InChI=1S/C17H20N2O4S2/c1-23-12-13-6-8-14(9-7-13)18-17(20)15-4-2-10-19(15)25(21,22)16-5-3-11-24-16/h3,5-9,11,15H,2,4,10,12H2,1H3,(H,18,20)/t15-/m0/s1. The van der Waals surface area contributed by atoms with Gasteiger partial charge in [-0.15, -0.1) is 11.3 Å². The highest BCUT2D eigenvalue weighted by atomic mass is 32.2. The molecule has 2 aromatic rings. The molecular formula is C17H20N2O4S2. The van der Waals surface area contributed by atoms with Crippen molar-refractivity contribution in [1.82, 2.24) is 4.31 Å². The Morgan fingerprint density at radius 2 is 2.08 bits per heavy atom. The topological polar surface area (TPSA) is 75.7 Å². The number of ether oxygens (including phenoxy) is 1. The summed E-state index contributed by atoms with van der Waals surface area (Å²) in [5.41, 5.74) is 1.65. The fourth-order valence-corrected chi connectivity index (χ4v) is 5.67. The molecule has 0 saturated carbocycles. The quantitative estimate of drug-likeness (QED) is 0.836. The molecule has 0 spiro atoms. The molecule has 25 heavy (non-hydrogen) atoms. The maximum Gasteiger partial charge on any atom is 0.253 e. The van der Waals surface area contributed by atoms with Crippen LogP contribution in [0.25, 0.3) is 0 Å². The lowest BCUT2D eigenvalue weighted by Gasteiger charge is -2.22. The number of carbonyl (C=O) groups is 1. The molecule has 1 aromatic heterocycles. The van der Waals surface area contributed by atoms with Crippen molar-refractivity contribution in [1.29, 1.82) is 0 Å². The van der Waals surface area contributed by atoms with E-state index in [0.717, 1.165) is 5.56 Å². The summed E-state index contributed by atoms with van der Waals surface area (Å²) in [4.78, 5) is 12.6. The van der Waals surface area contributed by atoms with Gasteiger partial charge in [-0.2, -0.15) is 4.31 Å². The number of nitrogens with zero attached hydrogens (tertiary/aromatic N) is 1. The largest absolute Gasteiger partial charge is 0.380 e. The first-order valence-corrected chi connectivity index (χ1v) is 10.3. The molecule has 8 heteroatoms. The van der Waals surface area contributed by atoms with E-state index in [2.05, 4.69) is 5.32 Å². The van der Waals surface area contributed by atoms with Crippen molar-refractivity contribution < 1.29 is 17.9 Å². The van der Waals surface area contributed by atoms with Crippen LogP contribution in [0.2, 0.25) is 0 Å². The minimum absolute atomic E-state index is 0.274. The second kappa shape index (κ2) is 7.65. The summed E-state index contributed by atoms with van der Waals surface area (Å²) < 4.78 is 32.1. The molecule has 1 aliphatic heterocycles. The molecule has 3 rings (SSSR count). The van der Waals surface area contributed by atoms with Gasteiger partial charge >= 0.3 is 0 Å². The predicted octanol–water partition coefficient (Wildman–Crippen LogP) is 2.69. The van der Waals surface area contributed by atoms with Crippen LogP contribution in [0.15, 0.2) is 46.0 Å². The summed E-state index contributed by atoms with van der Waals surface area (Å²) in [6.07, 6.45) is 1.20. The average Bonchev–Trinajstić information content (AvgIpc) is 3.29. The molecule has 1 aromatic carbocycles. The number of amides is 1. The molecule has 0 aliphatic carbocycles. The van der Waals surface area contributed by atoms with Crippen molar-refractivity contribution in [3.05, 3.63) is 47.3 Å². The second-order valence-electron chi connectivity index (χ2n) is 5.83. The van der Waals surface area contributed by atoms with E-state index in [0.29, 0.717) is 31.7 Å². The van der Waals surface area contributed by atoms with Crippen LogP contribution in [0.5, 0.6) is 0 Å². The fraction of sp³-hybridized carbons (Fsp3) is 0.353. The first-order valence-electron chi connectivity index (χ1n) is 7.96. The average molecular weight is 380 g/mol. The highest BCUT2D eigenvalue weighted by Gasteiger charge is 2.39. The number of rotatable bonds is 6. The van der Waals surface area contributed by atoms with Crippen LogP contribution in [-0.4, -0.2) is 38.3 Å². The van der Waals surface area contributed by atoms with Gasteiger partial charge in [0.05, 0.1) is 6.61 Å². The molecule has 2 heterocycles. The molecule has 6 nitrogen and oxygen atoms in total. The predicted molar refractivity (Wildman–Crippen MR) is 97.0 cm³/mol. The highest BCUT2D eigenvalue weighted by molar-refractivity contribution is 7.91. The Morgan fingerprint density at radius 1 is 1.32 bits per heavy atom. The molecular weight excluding hydrogens is 360 g/mol. The Bertz CT molecular complexity index is 817. The summed E-state index contributed by atoms with van der Waals surface area (Å²) in [7, 11) is -2.00. The number of methoxy groups -OCH3 is 1.